The van der Waals surface area contributed by atoms with Crippen LogP contribution in [0.1, 0.15) is 22.6 Å². The number of benzene rings is 8. The number of nitrogens with zero attached hydrogens (tertiary/aromatic N) is 2. The van der Waals surface area contributed by atoms with Crippen molar-refractivity contribution >= 4 is 21.8 Å². The minimum atomic E-state index is -4.48. The summed E-state index contributed by atoms with van der Waals surface area (Å²) >= 11 is 0. The summed E-state index contributed by atoms with van der Waals surface area (Å²) in [5.74, 6) is -0.320. The fourth-order valence-corrected chi connectivity index (χ4v) is 8.47. The van der Waals surface area contributed by atoms with Crippen molar-refractivity contribution in [1.29, 1.82) is 0 Å². The second kappa shape index (κ2) is 17.3. The topological polar surface area (TPSA) is 44.2 Å². The fraction of sp³-hybridized carbons (Fsp3) is 0.0690. The average molecular weight is 855 g/mol. The largest absolute Gasteiger partial charge is 0.497 e. The lowest BCUT2D eigenvalue weighted by Gasteiger charge is -2.21. The molecule has 1 atom stereocenters. The van der Waals surface area contributed by atoms with E-state index in [1.807, 2.05) is 48.5 Å². The van der Waals surface area contributed by atoms with Gasteiger partial charge in [-0.05, 0) is 136 Å². The number of fused-ring (bicyclic) bond motifs is 2. The van der Waals surface area contributed by atoms with Crippen molar-refractivity contribution in [2.45, 2.75) is 19.0 Å². The van der Waals surface area contributed by atoms with E-state index in [-0.39, 0.29) is 11.1 Å². The second-order valence-electron chi connectivity index (χ2n) is 16.1. The van der Waals surface area contributed by atoms with Crippen LogP contribution in [0.4, 0.5) is 13.2 Å². The third-order valence-electron chi connectivity index (χ3n) is 11.8. The number of hydrogen-bond donors (Lipinski definition) is 0. The molecule has 2 heterocycles. The summed E-state index contributed by atoms with van der Waals surface area (Å²) in [6, 6.07) is 66.2. The maximum absolute atomic E-state index is 14.3. The quantitative estimate of drug-likeness (QED) is 0.137. The van der Waals surface area contributed by atoms with Crippen LogP contribution in [-0.4, -0.2) is 23.3 Å². The molecule has 0 aliphatic heterocycles. The SMILES string of the molecule is COc1ccc(C(c2ccc(Oc3ccc(-c4cc(-c5ccccc5)c5cc(-c6ccc7nc(-c8ccc(C)cc8)cc(-c8ccccc8)c7c6)ccc5n4)cc3)cc2)C(F)(F)F)cc1. The molecule has 316 valence electrons. The highest BCUT2D eigenvalue weighted by Crippen LogP contribution is 2.42. The zero-order valence-electron chi connectivity index (χ0n) is 35.6. The van der Waals surface area contributed by atoms with E-state index in [1.165, 1.54) is 49.1 Å². The van der Waals surface area contributed by atoms with Crippen LogP contribution in [0.3, 0.4) is 0 Å². The van der Waals surface area contributed by atoms with Gasteiger partial charge < -0.3 is 9.47 Å². The summed E-state index contributed by atoms with van der Waals surface area (Å²) in [7, 11) is 1.48. The van der Waals surface area contributed by atoms with Gasteiger partial charge in [0.25, 0.3) is 0 Å². The second-order valence-corrected chi connectivity index (χ2v) is 16.1. The predicted octanol–water partition coefficient (Wildman–Crippen LogP) is 15.9. The van der Waals surface area contributed by atoms with Crippen LogP contribution < -0.4 is 9.47 Å². The highest BCUT2D eigenvalue weighted by atomic mass is 19.4. The van der Waals surface area contributed by atoms with Crippen molar-refractivity contribution in [2.24, 2.45) is 0 Å². The van der Waals surface area contributed by atoms with E-state index < -0.39 is 12.1 Å². The number of aromatic nitrogens is 2. The van der Waals surface area contributed by atoms with Gasteiger partial charge in [0, 0.05) is 21.9 Å². The Labute approximate surface area is 375 Å². The molecule has 2 aromatic heterocycles. The van der Waals surface area contributed by atoms with Crippen molar-refractivity contribution in [3.8, 4) is 73.1 Å². The van der Waals surface area contributed by atoms with Crippen LogP contribution in [0.15, 0.2) is 206 Å². The molecule has 0 N–H and O–H groups in total. The van der Waals surface area contributed by atoms with E-state index in [1.54, 1.807) is 12.1 Å². The van der Waals surface area contributed by atoms with E-state index >= 15 is 0 Å². The zero-order valence-corrected chi connectivity index (χ0v) is 35.6. The van der Waals surface area contributed by atoms with Gasteiger partial charge in [0.2, 0.25) is 0 Å². The lowest BCUT2D eigenvalue weighted by molar-refractivity contribution is -0.141. The van der Waals surface area contributed by atoms with Gasteiger partial charge in [-0.2, -0.15) is 13.2 Å². The predicted molar refractivity (Wildman–Crippen MR) is 256 cm³/mol. The molecule has 0 radical (unpaired) electrons. The molecule has 0 fully saturated rings. The Morgan fingerprint density at radius 2 is 0.815 bits per heavy atom. The molecule has 0 saturated heterocycles. The normalized spacial score (nSPS) is 12.0. The minimum absolute atomic E-state index is 0.119. The summed E-state index contributed by atoms with van der Waals surface area (Å²) in [6.07, 6.45) is -4.48. The van der Waals surface area contributed by atoms with E-state index in [0.29, 0.717) is 17.2 Å². The zero-order chi connectivity index (χ0) is 44.5. The van der Waals surface area contributed by atoms with Crippen LogP contribution in [-0.2, 0) is 0 Å². The molecular formula is C58H41F3N2O2. The van der Waals surface area contributed by atoms with Crippen LogP contribution >= 0.6 is 0 Å². The first-order valence-electron chi connectivity index (χ1n) is 21.3. The van der Waals surface area contributed by atoms with Crippen molar-refractivity contribution in [1.82, 2.24) is 9.97 Å². The van der Waals surface area contributed by atoms with E-state index in [4.69, 9.17) is 19.4 Å². The minimum Gasteiger partial charge on any atom is -0.497 e. The lowest BCUT2D eigenvalue weighted by Crippen LogP contribution is -2.21. The van der Waals surface area contributed by atoms with E-state index in [0.717, 1.165) is 77.7 Å². The summed E-state index contributed by atoms with van der Waals surface area (Å²) in [5, 5.41) is 2.10. The monoisotopic (exact) mass is 854 g/mol. The van der Waals surface area contributed by atoms with Crippen LogP contribution in [0.25, 0.3) is 77.7 Å². The van der Waals surface area contributed by atoms with Gasteiger partial charge in [0.05, 0.1) is 29.5 Å². The van der Waals surface area contributed by atoms with Gasteiger partial charge in [-0.3, -0.25) is 0 Å². The number of ether oxygens (including phenoxy) is 2. The van der Waals surface area contributed by atoms with Crippen molar-refractivity contribution in [3.05, 3.63) is 223 Å². The molecule has 0 bridgehead atoms. The van der Waals surface area contributed by atoms with Crippen LogP contribution in [0.2, 0.25) is 0 Å². The Hall–Kier alpha value is -8.03. The highest BCUT2D eigenvalue weighted by molar-refractivity contribution is 6.02. The third-order valence-corrected chi connectivity index (χ3v) is 11.8. The highest BCUT2D eigenvalue weighted by Gasteiger charge is 2.41. The molecule has 0 saturated carbocycles. The first kappa shape index (κ1) is 41.0. The Morgan fingerprint density at radius 1 is 0.415 bits per heavy atom. The molecule has 10 rings (SSSR count). The lowest BCUT2D eigenvalue weighted by atomic mass is 9.90. The van der Waals surface area contributed by atoms with Crippen LogP contribution in [0, 0.1) is 6.92 Å². The summed E-state index contributed by atoms with van der Waals surface area (Å²) in [6.45, 7) is 2.09. The first-order valence-corrected chi connectivity index (χ1v) is 21.3. The molecule has 8 aromatic carbocycles. The third kappa shape index (κ3) is 8.56. The number of aryl methyl sites for hydroxylation is 1. The van der Waals surface area contributed by atoms with E-state index in [9.17, 15) is 13.2 Å². The molecule has 0 amide bonds. The molecule has 4 nitrogen and oxygen atoms in total. The van der Waals surface area contributed by atoms with Crippen molar-refractivity contribution < 1.29 is 22.6 Å². The molecule has 0 aliphatic rings. The van der Waals surface area contributed by atoms with Gasteiger partial charge in [-0.25, -0.2) is 9.97 Å². The molecule has 0 aliphatic carbocycles. The number of rotatable bonds is 10. The van der Waals surface area contributed by atoms with Gasteiger partial charge in [-0.15, -0.1) is 0 Å². The average Bonchev–Trinajstić information content (AvgIpc) is 3.34. The molecule has 65 heavy (non-hydrogen) atoms. The Morgan fingerprint density at radius 3 is 1.25 bits per heavy atom. The fourth-order valence-electron chi connectivity index (χ4n) is 8.47. The van der Waals surface area contributed by atoms with Gasteiger partial charge >= 0.3 is 6.18 Å². The van der Waals surface area contributed by atoms with Crippen LogP contribution in [0.5, 0.6) is 17.2 Å². The van der Waals surface area contributed by atoms with Crippen molar-refractivity contribution in [2.75, 3.05) is 7.11 Å². The van der Waals surface area contributed by atoms with Gasteiger partial charge in [-0.1, -0.05) is 127 Å². The Balaban J connectivity index is 0.960. The number of alkyl halides is 3. The summed E-state index contributed by atoms with van der Waals surface area (Å²) < 4.78 is 54.1. The number of halogens is 3. The van der Waals surface area contributed by atoms with Gasteiger partial charge in [0.1, 0.15) is 23.2 Å². The maximum Gasteiger partial charge on any atom is 0.399 e. The smallest absolute Gasteiger partial charge is 0.399 e. The molecular weight excluding hydrogens is 814 g/mol. The Bertz CT molecular complexity index is 3280. The Kier molecular flexibility index (Phi) is 10.9. The standard InChI is InChI=1S/C58H41F3N2O2/c1-37-13-15-40(16-14-37)55-35-49(38-9-5-3-6-10-38)51-33-44(23-31-53(51)62-55)45-24-32-54-52(34-45)50(39-11-7-4-8-12-39)36-56(63-54)41-17-27-47(28-18-41)65-48-29-21-43(22-30-48)57(58(59,60)61)42-19-25-46(64-2)26-20-42/h3-36,57H,1-2H3. The summed E-state index contributed by atoms with van der Waals surface area (Å²) in [5.41, 5.74) is 13.5. The number of methoxy groups -OCH3 is 1. The van der Waals surface area contributed by atoms with Crippen molar-refractivity contribution in [3.63, 3.8) is 0 Å². The molecule has 7 heteroatoms. The summed E-state index contributed by atoms with van der Waals surface area (Å²) in [4.78, 5) is 10.3. The van der Waals surface area contributed by atoms with E-state index in [2.05, 4.69) is 116 Å². The first-order chi connectivity index (χ1) is 31.7. The molecule has 10 aromatic rings. The number of hydrogen-bond acceptors (Lipinski definition) is 4. The molecule has 0 spiro atoms. The maximum atomic E-state index is 14.3. The molecule has 1 unspecified atom stereocenters. The number of pyridine rings is 2. The van der Waals surface area contributed by atoms with Gasteiger partial charge in [0.15, 0.2) is 0 Å².